The van der Waals surface area contributed by atoms with E-state index >= 15 is 0 Å². The molecule has 0 aromatic heterocycles. The summed E-state index contributed by atoms with van der Waals surface area (Å²) in [5.74, 6) is -0.102. The minimum Gasteiger partial charge on any atom is -0.444 e. The summed E-state index contributed by atoms with van der Waals surface area (Å²) in [5.41, 5.74) is -0.661. The van der Waals surface area contributed by atoms with E-state index in [1.165, 1.54) is 0 Å². The van der Waals surface area contributed by atoms with Crippen LogP contribution in [0.4, 0.5) is 4.79 Å². The normalized spacial score (nSPS) is 16.8. The molecule has 108 valence electrons. The molecule has 3 atom stereocenters. The van der Waals surface area contributed by atoms with Gasteiger partial charge in [-0.2, -0.15) is 0 Å². The summed E-state index contributed by atoms with van der Waals surface area (Å²) in [6, 6.07) is 0. The van der Waals surface area contributed by atoms with Gasteiger partial charge in [-0.05, 0) is 33.1 Å². The van der Waals surface area contributed by atoms with E-state index in [2.05, 4.69) is 5.32 Å². The molecule has 0 bridgehead atoms. The Balaban J connectivity index is 4.15. The zero-order valence-electron chi connectivity index (χ0n) is 11.5. The van der Waals surface area contributed by atoms with Crippen LogP contribution >= 0.6 is 0 Å². The van der Waals surface area contributed by atoms with Crippen LogP contribution in [0.3, 0.4) is 0 Å². The number of hydrogen-bond donors (Lipinski definition) is 4. The molecule has 0 rings (SSSR count). The van der Waals surface area contributed by atoms with Crippen LogP contribution in [0.15, 0.2) is 0 Å². The van der Waals surface area contributed by atoms with E-state index in [9.17, 15) is 15.0 Å². The molecule has 0 radical (unpaired) electrons. The first-order chi connectivity index (χ1) is 8.19. The minimum atomic E-state index is -1.40. The van der Waals surface area contributed by atoms with Gasteiger partial charge in [-0.25, -0.2) is 4.79 Å². The third-order valence-corrected chi connectivity index (χ3v) is 2.44. The topological polar surface area (TPSA) is 99.0 Å². The maximum atomic E-state index is 11.3. The lowest BCUT2D eigenvalue weighted by Gasteiger charge is -2.25. The van der Waals surface area contributed by atoms with Crippen molar-refractivity contribution >= 4 is 6.09 Å². The summed E-state index contributed by atoms with van der Waals surface area (Å²) in [5, 5.41) is 30.4. The number of alkyl carbamates (subject to hydrolysis) is 1. The van der Waals surface area contributed by atoms with E-state index in [0.29, 0.717) is 6.42 Å². The molecule has 1 amide bonds. The van der Waals surface area contributed by atoms with Crippen molar-refractivity contribution in [2.24, 2.45) is 5.92 Å². The average molecular weight is 263 g/mol. The highest BCUT2D eigenvalue weighted by Crippen LogP contribution is 2.12. The monoisotopic (exact) mass is 263 g/mol. The number of carbonyl (C=O) groups excluding carboxylic acids is 1. The van der Waals surface area contributed by atoms with Crippen molar-refractivity contribution < 1.29 is 24.9 Å². The lowest BCUT2D eigenvalue weighted by atomic mass is 9.99. The molecule has 0 saturated heterocycles. The van der Waals surface area contributed by atoms with Gasteiger partial charge in [0, 0.05) is 6.61 Å². The summed E-state index contributed by atoms with van der Waals surface area (Å²) in [4.78, 5) is 11.3. The van der Waals surface area contributed by atoms with Gasteiger partial charge < -0.3 is 20.1 Å². The minimum absolute atomic E-state index is 0.0628. The van der Waals surface area contributed by atoms with Crippen LogP contribution in [0, 0.1) is 5.92 Å². The lowest BCUT2D eigenvalue weighted by Crippen LogP contribution is -2.46. The Labute approximate surface area is 108 Å². The number of carbonyl (C=O) groups is 1. The predicted octanol–water partition coefficient (Wildman–Crippen LogP) is 0.599. The number of aliphatic hydroxyl groups is 3. The fourth-order valence-corrected chi connectivity index (χ4v) is 1.37. The second kappa shape index (κ2) is 7.56. The number of hydrogen-bond acceptors (Lipinski definition) is 5. The first-order valence-electron chi connectivity index (χ1n) is 6.16. The summed E-state index contributed by atoms with van der Waals surface area (Å²) >= 11 is 0. The van der Waals surface area contributed by atoms with E-state index in [-0.39, 0.29) is 18.9 Å². The van der Waals surface area contributed by atoms with Crippen LogP contribution in [-0.4, -0.2) is 46.0 Å². The van der Waals surface area contributed by atoms with Gasteiger partial charge in [0.15, 0.2) is 6.23 Å². The Hall–Kier alpha value is -0.850. The van der Waals surface area contributed by atoms with Crippen molar-refractivity contribution in [2.45, 2.75) is 58.5 Å². The van der Waals surface area contributed by atoms with Gasteiger partial charge in [0.1, 0.15) is 5.60 Å². The van der Waals surface area contributed by atoms with E-state index in [0.717, 1.165) is 0 Å². The molecule has 0 aliphatic rings. The second-order valence-electron chi connectivity index (χ2n) is 5.35. The van der Waals surface area contributed by atoms with Crippen LogP contribution in [0.5, 0.6) is 0 Å². The van der Waals surface area contributed by atoms with Crippen LogP contribution in [-0.2, 0) is 4.74 Å². The van der Waals surface area contributed by atoms with Gasteiger partial charge in [0.25, 0.3) is 0 Å². The predicted molar refractivity (Wildman–Crippen MR) is 66.9 cm³/mol. The van der Waals surface area contributed by atoms with E-state index in [1.807, 2.05) is 6.92 Å². The molecule has 0 aromatic rings. The molecule has 0 saturated carbocycles. The Bertz CT molecular complexity index is 247. The summed E-state index contributed by atoms with van der Waals surface area (Å²) in [6.07, 6.45) is -2.42. The fourth-order valence-electron chi connectivity index (χ4n) is 1.37. The maximum absolute atomic E-state index is 11.3. The SMILES string of the molecule is CC[C@H](CO)C[C@@H](O)C(O)NC(=O)OC(C)(C)C. The Morgan fingerprint density at radius 3 is 2.28 bits per heavy atom. The molecule has 0 aliphatic heterocycles. The number of rotatable bonds is 6. The first kappa shape index (κ1) is 17.2. The summed E-state index contributed by atoms with van der Waals surface area (Å²) < 4.78 is 4.95. The Morgan fingerprint density at radius 2 is 1.89 bits per heavy atom. The zero-order valence-corrected chi connectivity index (χ0v) is 11.5. The average Bonchev–Trinajstić information content (AvgIpc) is 2.22. The zero-order chi connectivity index (χ0) is 14.3. The highest BCUT2D eigenvalue weighted by molar-refractivity contribution is 5.67. The molecular formula is C12H25NO5. The van der Waals surface area contributed by atoms with Crippen molar-refractivity contribution in [3.63, 3.8) is 0 Å². The Kier molecular flexibility index (Phi) is 7.20. The lowest BCUT2D eigenvalue weighted by molar-refractivity contribution is -0.0270. The summed E-state index contributed by atoms with van der Waals surface area (Å²) in [6.45, 7) is 6.92. The molecule has 0 fully saturated rings. The molecule has 0 heterocycles. The third-order valence-electron chi connectivity index (χ3n) is 2.44. The molecule has 6 heteroatoms. The van der Waals surface area contributed by atoms with Gasteiger partial charge in [-0.1, -0.05) is 13.3 Å². The van der Waals surface area contributed by atoms with E-state index in [4.69, 9.17) is 9.84 Å². The highest BCUT2D eigenvalue weighted by atomic mass is 16.6. The van der Waals surface area contributed by atoms with Gasteiger partial charge >= 0.3 is 6.09 Å². The molecule has 0 aromatic carbocycles. The molecule has 1 unspecified atom stereocenters. The quantitative estimate of drug-likeness (QED) is 0.526. The summed E-state index contributed by atoms with van der Waals surface area (Å²) in [7, 11) is 0. The number of nitrogens with one attached hydrogen (secondary N) is 1. The van der Waals surface area contributed by atoms with Crippen molar-refractivity contribution in [3.8, 4) is 0 Å². The van der Waals surface area contributed by atoms with Gasteiger partial charge in [-0.3, -0.25) is 5.32 Å². The maximum Gasteiger partial charge on any atom is 0.409 e. The van der Waals surface area contributed by atoms with Crippen LogP contribution in [0.1, 0.15) is 40.5 Å². The van der Waals surface area contributed by atoms with Crippen molar-refractivity contribution in [1.29, 1.82) is 0 Å². The molecule has 18 heavy (non-hydrogen) atoms. The highest BCUT2D eigenvalue weighted by Gasteiger charge is 2.24. The third kappa shape index (κ3) is 7.47. The van der Waals surface area contributed by atoms with Gasteiger partial charge in [0.2, 0.25) is 0 Å². The first-order valence-corrected chi connectivity index (χ1v) is 6.16. The van der Waals surface area contributed by atoms with Crippen molar-refractivity contribution in [2.75, 3.05) is 6.61 Å². The Morgan fingerprint density at radius 1 is 1.33 bits per heavy atom. The fraction of sp³-hybridized carbons (Fsp3) is 0.917. The standard InChI is InChI=1S/C12H25NO5/c1-5-8(7-14)6-9(15)10(16)13-11(17)18-12(2,3)4/h8-10,14-16H,5-7H2,1-4H3,(H,13,17)/t8-,9+,10?/m0/s1. The van der Waals surface area contributed by atoms with E-state index < -0.39 is 24.0 Å². The molecule has 4 N–H and O–H groups in total. The number of ether oxygens (including phenoxy) is 1. The molecule has 0 spiro atoms. The molecular weight excluding hydrogens is 238 g/mol. The molecule has 0 aliphatic carbocycles. The van der Waals surface area contributed by atoms with E-state index in [1.54, 1.807) is 20.8 Å². The van der Waals surface area contributed by atoms with Crippen molar-refractivity contribution in [1.82, 2.24) is 5.32 Å². The smallest absolute Gasteiger partial charge is 0.409 e. The second-order valence-corrected chi connectivity index (χ2v) is 5.35. The van der Waals surface area contributed by atoms with Gasteiger partial charge in [0.05, 0.1) is 6.10 Å². The van der Waals surface area contributed by atoms with Crippen molar-refractivity contribution in [3.05, 3.63) is 0 Å². The van der Waals surface area contributed by atoms with Crippen LogP contribution < -0.4 is 5.32 Å². The van der Waals surface area contributed by atoms with Crippen LogP contribution in [0.25, 0.3) is 0 Å². The largest absolute Gasteiger partial charge is 0.444 e. The number of aliphatic hydroxyl groups excluding tert-OH is 3. The van der Waals surface area contributed by atoms with Gasteiger partial charge in [-0.15, -0.1) is 0 Å². The molecule has 6 nitrogen and oxygen atoms in total. The number of amides is 1. The van der Waals surface area contributed by atoms with Crippen LogP contribution in [0.2, 0.25) is 0 Å².